The predicted octanol–water partition coefficient (Wildman–Crippen LogP) is 4.05. The van der Waals surface area contributed by atoms with Gasteiger partial charge in [-0.2, -0.15) is 0 Å². The molecule has 4 heteroatoms. The summed E-state index contributed by atoms with van der Waals surface area (Å²) in [6.45, 7) is 17.0. The fourth-order valence-corrected chi connectivity index (χ4v) is 1.71. The highest BCUT2D eigenvalue weighted by Crippen LogP contribution is 2.23. The lowest BCUT2D eigenvalue weighted by Gasteiger charge is -2.21. The Morgan fingerprint density at radius 1 is 0.950 bits per heavy atom. The quantitative estimate of drug-likeness (QED) is 0.853. The molecule has 0 spiro atoms. The summed E-state index contributed by atoms with van der Waals surface area (Å²) in [6.07, 6.45) is 1.11. The van der Waals surface area contributed by atoms with Crippen LogP contribution < -0.4 is 10.6 Å². The van der Waals surface area contributed by atoms with E-state index in [-0.39, 0.29) is 5.41 Å². The monoisotopic (exact) mass is 278 g/mol. The fraction of sp³-hybridized carbons (Fsp3) is 0.750. The number of hydrogen-bond donors (Lipinski definition) is 2. The van der Waals surface area contributed by atoms with Crippen molar-refractivity contribution in [1.82, 2.24) is 9.97 Å². The summed E-state index contributed by atoms with van der Waals surface area (Å²) in [5, 5.41) is 6.70. The van der Waals surface area contributed by atoms with Crippen LogP contribution in [-0.2, 0) is 5.41 Å². The molecule has 114 valence electrons. The number of aromatic nitrogens is 2. The Bertz CT molecular complexity index is 427. The molecule has 20 heavy (non-hydrogen) atoms. The zero-order valence-electron chi connectivity index (χ0n) is 14.1. The minimum Gasteiger partial charge on any atom is -0.370 e. The second-order valence-corrected chi connectivity index (χ2v) is 7.48. The minimum atomic E-state index is -0.0497. The molecule has 0 fully saturated rings. The van der Waals surface area contributed by atoms with E-state index in [4.69, 9.17) is 0 Å². The molecule has 4 nitrogen and oxygen atoms in total. The largest absolute Gasteiger partial charge is 0.370 e. The van der Waals surface area contributed by atoms with Crippen molar-refractivity contribution in [3.05, 3.63) is 11.9 Å². The lowest BCUT2D eigenvalue weighted by Crippen LogP contribution is -2.19. The van der Waals surface area contributed by atoms with Gasteiger partial charge < -0.3 is 10.6 Å². The molecule has 0 aliphatic carbocycles. The first-order chi connectivity index (χ1) is 9.12. The first kappa shape index (κ1) is 16.7. The molecule has 1 aromatic rings. The molecule has 0 aliphatic heterocycles. The molecule has 0 atom stereocenters. The van der Waals surface area contributed by atoms with Crippen LogP contribution in [0.15, 0.2) is 6.07 Å². The third-order valence-electron chi connectivity index (χ3n) is 2.94. The summed E-state index contributed by atoms with van der Waals surface area (Å²) >= 11 is 0. The summed E-state index contributed by atoms with van der Waals surface area (Å²) in [5.41, 5.74) is 0.281. The van der Waals surface area contributed by atoms with E-state index in [2.05, 4.69) is 69.1 Å². The number of rotatable bonds is 5. The van der Waals surface area contributed by atoms with E-state index in [1.165, 1.54) is 0 Å². The number of nitrogens with zero attached hydrogens (tertiary/aromatic N) is 2. The van der Waals surface area contributed by atoms with Gasteiger partial charge in [-0.1, -0.05) is 41.5 Å². The van der Waals surface area contributed by atoms with Gasteiger partial charge in [-0.05, 0) is 18.8 Å². The van der Waals surface area contributed by atoms with Crippen molar-refractivity contribution in [3.8, 4) is 0 Å². The molecule has 0 saturated heterocycles. The summed E-state index contributed by atoms with van der Waals surface area (Å²) in [7, 11) is 0. The maximum atomic E-state index is 4.64. The third kappa shape index (κ3) is 5.76. The molecule has 1 aromatic heterocycles. The first-order valence-electron chi connectivity index (χ1n) is 7.49. The molecule has 0 saturated carbocycles. The van der Waals surface area contributed by atoms with Crippen LogP contribution in [0.25, 0.3) is 0 Å². The highest BCUT2D eigenvalue weighted by Gasteiger charge is 2.19. The lowest BCUT2D eigenvalue weighted by molar-refractivity contribution is 0.389. The second-order valence-electron chi connectivity index (χ2n) is 7.48. The van der Waals surface area contributed by atoms with Crippen LogP contribution in [-0.4, -0.2) is 23.1 Å². The van der Waals surface area contributed by atoms with Gasteiger partial charge in [-0.3, -0.25) is 0 Å². The summed E-state index contributed by atoms with van der Waals surface area (Å²) < 4.78 is 0. The van der Waals surface area contributed by atoms with E-state index < -0.39 is 0 Å². The normalized spacial score (nSPS) is 12.3. The molecule has 1 rings (SSSR count). The molecule has 0 radical (unpaired) electrons. The zero-order valence-corrected chi connectivity index (χ0v) is 14.1. The zero-order chi connectivity index (χ0) is 15.4. The molecule has 2 N–H and O–H groups in total. The van der Waals surface area contributed by atoms with Crippen molar-refractivity contribution in [1.29, 1.82) is 0 Å². The molecular formula is C16H30N4. The van der Waals surface area contributed by atoms with Crippen molar-refractivity contribution >= 4 is 11.6 Å². The molecule has 0 unspecified atom stereocenters. The average molecular weight is 278 g/mol. The van der Waals surface area contributed by atoms with Gasteiger partial charge in [0.1, 0.15) is 17.5 Å². The summed E-state index contributed by atoms with van der Waals surface area (Å²) in [4.78, 5) is 9.23. The van der Waals surface area contributed by atoms with Gasteiger partial charge in [0.15, 0.2) is 0 Å². The highest BCUT2D eigenvalue weighted by molar-refractivity contribution is 5.48. The Hall–Kier alpha value is -1.32. The SMILES string of the molecule is CCNc1cc(NCCC(C)(C)C)nc(C(C)(C)C)n1. The maximum Gasteiger partial charge on any atom is 0.138 e. The number of anilines is 2. The van der Waals surface area contributed by atoms with Crippen LogP contribution in [0.4, 0.5) is 11.6 Å². The standard InChI is InChI=1S/C16H30N4/c1-8-17-12-11-13(18-10-9-15(2,3)4)20-14(19-12)16(5,6)7/h11H,8-10H2,1-7H3,(H2,17,18,19,20). The predicted molar refractivity (Wildman–Crippen MR) is 87.5 cm³/mol. The topological polar surface area (TPSA) is 49.8 Å². The Morgan fingerprint density at radius 3 is 1.95 bits per heavy atom. The number of hydrogen-bond acceptors (Lipinski definition) is 4. The average Bonchev–Trinajstić information content (AvgIpc) is 2.26. The van der Waals surface area contributed by atoms with E-state index in [0.717, 1.165) is 37.0 Å². The molecule has 0 bridgehead atoms. The van der Waals surface area contributed by atoms with Gasteiger partial charge in [0.25, 0.3) is 0 Å². The van der Waals surface area contributed by atoms with Crippen LogP contribution in [0, 0.1) is 5.41 Å². The van der Waals surface area contributed by atoms with Crippen molar-refractivity contribution in [2.75, 3.05) is 23.7 Å². The fourth-order valence-electron chi connectivity index (χ4n) is 1.71. The highest BCUT2D eigenvalue weighted by atomic mass is 15.1. The van der Waals surface area contributed by atoms with Gasteiger partial charge >= 0.3 is 0 Å². The molecule has 0 aliphatic rings. The van der Waals surface area contributed by atoms with Gasteiger partial charge in [-0.25, -0.2) is 9.97 Å². The number of nitrogens with one attached hydrogen (secondary N) is 2. The van der Waals surface area contributed by atoms with Crippen molar-refractivity contribution in [2.45, 2.75) is 60.3 Å². The first-order valence-corrected chi connectivity index (χ1v) is 7.49. The van der Waals surface area contributed by atoms with Crippen LogP contribution in [0.2, 0.25) is 0 Å². The van der Waals surface area contributed by atoms with E-state index in [1.807, 2.05) is 6.07 Å². The summed E-state index contributed by atoms with van der Waals surface area (Å²) in [6, 6.07) is 1.99. The maximum absolute atomic E-state index is 4.64. The Morgan fingerprint density at radius 2 is 1.50 bits per heavy atom. The van der Waals surface area contributed by atoms with E-state index in [0.29, 0.717) is 5.41 Å². The lowest BCUT2D eigenvalue weighted by atomic mass is 9.92. The smallest absolute Gasteiger partial charge is 0.138 e. The van der Waals surface area contributed by atoms with Gasteiger partial charge in [0.05, 0.1) is 0 Å². The van der Waals surface area contributed by atoms with Gasteiger partial charge in [0.2, 0.25) is 0 Å². The van der Waals surface area contributed by atoms with Crippen molar-refractivity contribution in [3.63, 3.8) is 0 Å². The Kier molecular flexibility index (Phi) is 5.37. The van der Waals surface area contributed by atoms with E-state index >= 15 is 0 Å². The molecule has 0 amide bonds. The molecular weight excluding hydrogens is 248 g/mol. The second kappa shape index (κ2) is 6.42. The van der Waals surface area contributed by atoms with Crippen LogP contribution >= 0.6 is 0 Å². The van der Waals surface area contributed by atoms with Gasteiger partial charge in [0, 0.05) is 24.6 Å². The minimum absolute atomic E-state index is 0.0497. The van der Waals surface area contributed by atoms with Crippen molar-refractivity contribution in [2.24, 2.45) is 5.41 Å². The van der Waals surface area contributed by atoms with Crippen molar-refractivity contribution < 1.29 is 0 Å². The third-order valence-corrected chi connectivity index (χ3v) is 2.94. The van der Waals surface area contributed by atoms with E-state index in [9.17, 15) is 0 Å². The molecule has 1 heterocycles. The van der Waals surface area contributed by atoms with E-state index in [1.54, 1.807) is 0 Å². The van der Waals surface area contributed by atoms with Crippen LogP contribution in [0.1, 0.15) is 60.7 Å². The Labute approximate surface area is 123 Å². The van der Waals surface area contributed by atoms with Crippen LogP contribution in [0.5, 0.6) is 0 Å². The molecule has 0 aromatic carbocycles. The van der Waals surface area contributed by atoms with Crippen LogP contribution in [0.3, 0.4) is 0 Å². The Balaban J connectivity index is 2.86. The van der Waals surface area contributed by atoms with Gasteiger partial charge in [-0.15, -0.1) is 0 Å². The summed E-state index contributed by atoms with van der Waals surface area (Å²) in [5.74, 6) is 2.67.